The van der Waals surface area contributed by atoms with Crippen LogP contribution in [0.1, 0.15) is 15.2 Å². The van der Waals surface area contributed by atoms with Gasteiger partial charge in [-0.15, -0.1) is 11.3 Å². The summed E-state index contributed by atoms with van der Waals surface area (Å²) in [5, 5.41) is 9.09. The predicted octanol–water partition coefficient (Wildman–Crippen LogP) is 3.10. The zero-order chi connectivity index (χ0) is 19.7. The van der Waals surface area contributed by atoms with E-state index in [9.17, 15) is 14.0 Å². The third kappa shape index (κ3) is 3.46. The largest absolute Gasteiger partial charge is 0.350 e. The highest BCUT2D eigenvalue weighted by molar-refractivity contribution is 7.12. The first-order chi connectivity index (χ1) is 13.5. The van der Waals surface area contributed by atoms with Crippen LogP contribution in [0.5, 0.6) is 0 Å². The zero-order valence-electron chi connectivity index (χ0n) is 15.1. The van der Waals surface area contributed by atoms with Gasteiger partial charge in [-0.1, -0.05) is 0 Å². The minimum atomic E-state index is -0.324. The van der Waals surface area contributed by atoms with Gasteiger partial charge < -0.3 is 9.88 Å². The van der Waals surface area contributed by atoms with Crippen molar-refractivity contribution in [3.8, 4) is 11.3 Å². The van der Waals surface area contributed by atoms with E-state index in [0.29, 0.717) is 29.2 Å². The van der Waals surface area contributed by atoms with Crippen LogP contribution in [-0.4, -0.2) is 26.6 Å². The SMILES string of the molecule is Cc1ccsc1C(=O)NCCn1ccn2nc(-c3ccc(F)cc3)cc2c1=O. The predicted molar refractivity (Wildman–Crippen MR) is 106 cm³/mol. The number of halogens is 1. The topological polar surface area (TPSA) is 68.4 Å². The first-order valence-corrected chi connectivity index (χ1v) is 9.58. The number of hydrogen-bond donors (Lipinski definition) is 1. The van der Waals surface area contributed by atoms with Gasteiger partial charge in [-0.05, 0) is 54.3 Å². The summed E-state index contributed by atoms with van der Waals surface area (Å²) in [4.78, 5) is 25.6. The lowest BCUT2D eigenvalue weighted by molar-refractivity contribution is 0.0955. The van der Waals surface area contributed by atoms with Crippen molar-refractivity contribution in [2.75, 3.05) is 6.54 Å². The number of carbonyl (C=O) groups excluding carboxylic acids is 1. The molecule has 0 atom stereocenters. The van der Waals surface area contributed by atoms with Crippen LogP contribution in [0.4, 0.5) is 4.39 Å². The molecule has 1 aromatic carbocycles. The molecule has 142 valence electrons. The van der Waals surface area contributed by atoms with Crippen LogP contribution in [0.3, 0.4) is 0 Å². The molecule has 4 rings (SSSR count). The molecule has 0 radical (unpaired) electrons. The molecule has 28 heavy (non-hydrogen) atoms. The maximum Gasteiger partial charge on any atom is 0.276 e. The van der Waals surface area contributed by atoms with Crippen LogP contribution in [-0.2, 0) is 6.54 Å². The maximum absolute atomic E-state index is 13.1. The molecule has 6 nitrogen and oxygen atoms in total. The second kappa shape index (κ2) is 7.40. The van der Waals surface area contributed by atoms with Crippen LogP contribution in [0.25, 0.3) is 16.8 Å². The van der Waals surface area contributed by atoms with Gasteiger partial charge in [0.15, 0.2) is 0 Å². The van der Waals surface area contributed by atoms with Crippen LogP contribution >= 0.6 is 11.3 Å². The van der Waals surface area contributed by atoms with Crippen LogP contribution < -0.4 is 10.9 Å². The highest BCUT2D eigenvalue weighted by atomic mass is 32.1. The Labute approximate surface area is 163 Å². The van der Waals surface area contributed by atoms with E-state index in [2.05, 4.69) is 10.4 Å². The Bertz CT molecular complexity index is 1210. The zero-order valence-corrected chi connectivity index (χ0v) is 15.9. The number of hydrogen-bond acceptors (Lipinski definition) is 4. The highest BCUT2D eigenvalue weighted by Crippen LogP contribution is 2.18. The molecular formula is C20H17FN4O2S. The van der Waals surface area contributed by atoms with E-state index < -0.39 is 0 Å². The number of thiophene rings is 1. The number of amides is 1. The first kappa shape index (κ1) is 18.1. The monoisotopic (exact) mass is 396 g/mol. The van der Waals surface area contributed by atoms with Gasteiger partial charge in [0, 0.05) is 31.0 Å². The summed E-state index contributed by atoms with van der Waals surface area (Å²) < 4.78 is 16.1. The number of aromatic nitrogens is 3. The van der Waals surface area contributed by atoms with Crippen molar-refractivity contribution in [2.45, 2.75) is 13.5 Å². The molecule has 3 heterocycles. The number of nitrogens with zero attached hydrogens (tertiary/aromatic N) is 3. The van der Waals surface area contributed by atoms with E-state index in [1.54, 1.807) is 30.6 Å². The van der Waals surface area contributed by atoms with Gasteiger partial charge >= 0.3 is 0 Å². The molecule has 0 unspecified atom stereocenters. The molecule has 0 aliphatic carbocycles. The summed E-state index contributed by atoms with van der Waals surface area (Å²) >= 11 is 1.39. The Hall–Kier alpha value is -3.26. The lowest BCUT2D eigenvalue weighted by atomic mass is 10.1. The minimum Gasteiger partial charge on any atom is -0.350 e. The number of nitrogens with one attached hydrogen (secondary N) is 1. The normalized spacial score (nSPS) is 11.1. The quantitative estimate of drug-likeness (QED) is 0.564. The van der Waals surface area contributed by atoms with Crippen molar-refractivity contribution in [2.24, 2.45) is 0 Å². The van der Waals surface area contributed by atoms with Crippen LogP contribution in [0, 0.1) is 12.7 Å². The van der Waals surface area contributed by atoms with Crippen LogP contribution in [0.15, 0.2) is 59.0 Å². The van der Waals surface area contributed by atoms with E-state index in [1.807, 2.05) is 18.4 Å². The summed E-state index contributed by atoms with van der Waals surface area (Å²) in [6.07, 6.45) is 3.33. The summed E-state index contributed by atoms with van der Waals surface area (Å²) in [5.41, 5.74) is 2.48. The molecule has 1 amide bonds. The van der Waals surface area contributed by atoms with Gasteiger partial charge in [0.25, 0.3) is 11.5 Å². The molecule has 4 aromatic rings. The lowest BCUT2D eigenvalue weighted by Gasteiger charge is -2.07. The van der Waals surface area contributed by atoms with Gasteiger partial charge in [0.05, 0.1) is 10.6 Å². The first-order valence-electron chi connectivity index (χ1n) is 8.70. The van der Waals surface area contributed by atoms with E-state index in [0.717, 1.165) is 11.1 Å². The molecule has 3 aromatic heterocycles. The molecule has 8 heteroatoms. The summed E-state index contributed by atoms with van der Waals surface area (Å²) in [6, 6.07) is 9.54. The Morgan fingerprint density at radius 3 is 2.71 bits per heavy atom. The summed E-state index contributed by atoms with van der Waals surface area (Å²) in [6.45, 7) is 2.58. The summed E-state index contributed by atoms with van der Waals surface area (Å²) in [7, 11) is 0. The minimum absolute atomic E-state index is 0.135. The van der Waals surface area contributed by atoms with E-state index in [4.69, 9.17) is 0 Å². The van der Waals surface area contributed by atoms with Crippen molar-refractivity contribution in [1.82, 2.24) is 19.5 Å². The number of fused-ring (bicyclic) bond motifs is 1. The van der Waals surface area contributed by atoms with Crippen molar-refractivity contribution < 1.29 is 9.18 Å². The number of carbonyl (C=O) groups is 1. The Morgan fingerprint density at radius 2 is 2.00 bits per heavy atom. The molecule has 1 N–H and O–H groups in total. The summed E-state index contributed by atoms with van der Waals surface area (Å²) in [5.74, 6) is -0.459. The van der Waals surface area contributed by atoms with Gasteiger partial charge in [-0.3, -0.25) is 9.59 Å². The van der Waals surface area contributed by atoms with E-state index in [-0.39, 0.29) is 17.3 Å². The second-order valence-corrected chi connectivity index (χ2v) is 7.27. The van der Waals surface area contributed by atoms with E-state index in [1.165, 1.54) is 32.6 Å². The van der Waals surface area contributed by atoms with Crippen molar-refractivity contribution >= 4 is 22.8 Å². The lowest BCUT2D eigenvalue weighted by Crippen LogP contribution is -2.31. The van der Waals surface area contributed by atoms with Crippen LogP contribution in [0.2, 0.25) is 0 Å². The highest BCUT2D eigenvalue weighted by Gasteiger charge is 2.11. The molecular weight excluding hydrogens is 379 g/mol. The Balaban J connectivity index is 1.51. The third-order valence-electron chi connectivity index (χ3n) is 4.45. The fourth-order valence-electron chi connectivity index (χ4n) is 2.94. The van der Waals surface area contributed by atoms with E-state index >= 15 is 0 Å². The molecule has 0 fully saturated rings. The second-order valence-electron chi connectivity index (χ2n) is 6.35. The average molecular weight is 396 g/mol. The number of rotatable bonds is 5. The fourth-order valence-corrected chi connectivity index (χ4v) is 3.78. The number of aryl methyl sites for hydroxylation is 1. The maximum atomic E-state index is 13.1. The number of benzene rings is 1. The molecule has 0 spiro atoms. The average Bonchev–Trinajstić information content (AvgIpc) is 3.31. The molecule has 0 bridgehead atoms. The fraction of sp³-hybridized carbons (Fsp3) is 0.150. The van der Waals surface area contributed by atoms with Gasteiger partial charge in [-0.25, -0.2) is 8.91 Å². The molecule has 0 saturated heterocycles. The van der Waals surface area contributed by atoms with Gasteiger partial charge in [0.1, 0.15) is 11.3 Å². The third-order valence-corrected chi connectivity index (χ3v) is 5.47. The van der Waals surface area contributed by atoms with Gasteiger partial charge in [-0.2, -0.15) is 5.10 Å². The standard InChI is InChI=1S/C20H17FN4O2S/c1-13-6-11-28-18(13)19(26)22-7-8-24-9-10-25-17(20(24)27)12-16(23-25)14-2-4-15(21)5-3-14/h2-6,9-12H,7-8H2,1H3,(H,22,26). The van der Waals surface area contributed by atoms with Crippen molar-refractivity contribution in [1.29, 1.82) is 0 Å². The van der Waals surface area contributed by atoms with Crippen molar-refractivity contribution in [3.05, 3.63) is 80.8 Å². The Morgan fingerprint density at radius 1 is 1.21 bits per heavy atom. The molecule has 0 aliphatic heterocycles. The van der Waals surface area contributed by atoms with Gasteiger partial charge in [0.2, 0.25) is 0 Å². The Kier molecular flexibility index (Phi) is 4.79. The molecule has 0 saturated carbocycles. The molecule has 0 aliphatic rings. The van der Waals surface area contributed by atoms with Crippen molar-refractivity contribution in [3.63, 3.8) is 0 Å². The smallest absolute Gasteiger partial charge is 0.276 e.